The third kappa shape index (κ3) is 4.16. The highest BCUT2D eigenvalue weighted by molar-refractivity contribution is 6.74. The molecule has 1 heterocycles. The van der Waals surface area contributed by atoms with Gasteiger partial charge in [0.2, 0.25) is 0 Å². The van der Waals surface area contributed by atoms with E-state index in [1.54, 1.807) is 0 Å². The van der Waals surface area contributed by atoms with Gasteiger partial charge in [-0.15, -0.1) is 0 Å². The highest BCUT2D eigenvalue weighted by atomic mass is 28.4. The molecule has 1 saturated heterocycles. The molecule has 0 radical (unpaired) electrons. The van der Waals surface area contributed by atoms with Crippen LogP contribution in [-0.2, 0) is 11.0 Å². The molecule has 4 heteroatoms. The Balaban J connectivity index is 1.95. The molecule has 1 aromatic rings. The van der Waals surface area contributed by atoms with Gasteiger partial charge in [-0.25, -0.2) is 0 Å². The summed E-state index contributed by atoms with van der Waals surface area (Å²) in [6, 6.07) is 10.3. The lowest BCUT2D eigenvalue weighted by Gasteiger charge is -2.38. The molecule has 118 valence electrons. The Labute approximate surface area is 130 Å². The normalized spacial score (nSPS) is 24.5. The highest BCUT2D eigenvalue weighted by Crippen LogP contribution is 2.38. The monoisotopic (exact) mass is 307 g/mol. The topological polar surface area (TPSA) is 32.7 Å². The van der Waals surface area contributed by atoms with E-state index in [4.69, 9.17) is 4.43 Å². The van der Waals surface area contributed by atoms with Gasteiger partial charge in [0.15, 0.2) is 8.32 Å². The van der Waals surface area contributed by atoms with Crippen molar-refractivity contribution in [2.45, 2.75) is 64.2 Å². The molecule has 0 aliphatic carbocycles. The van der Waals surface area contributed by atoms with Gasteiger partial charge in [0.05, 0.1) is 6.10 Å². The summed E-state index contributed by atoms with van der Waals surface area (Å²) in [5.74, 6) is 0. The second kappa shape index (κ2) is 6.21. The van der Waals surface area contributed by atoms with Gasteiger partial charge in [-0.3, -0.25) is 4.90 Å². The Bertz CT molecular complexity index is 456. The van der Waals surface area contributed by atoms with Crippen LogP contribution in [-0.4, -0.2) is 37.2 Å². The molecular weight excluding hydrogens is 278 g/mol. The van der Waals surface area contributed by atoms with E-state index in [1.165, 1.54) is 5.56 Å². The van der Waals surface area contributed by atoms with Crippen LogP contribution in [0.2, 0.25) is 18.1 Å². The minimum Gasteiger partial charge on any atom is -0.412 e. The predicted octanol–water partition coefficient (Wildman–Crippen LogP) is 3.60. The van der Waals surface area contributed by atoms with E-state index in [0.717, 1.165) is 19.5 Å². The number of benzene rings is 1. The highest BCUT2D eigenvalue weighted by Gasteiger charge is 2.42. The molecule has 0 aromatic heterocycles. The van der Waals surface area contributed by atoms with E-state index in [0.29, 0.717) is 0 Å². The first-order chi connectivity index (χ1) is 9.69. The summed E-state index contributed by atoms with van der Waals surface area (Å²) >= 11 is 0. The summed E-state index contributed by atoms with van der Waals surface area (Å²) in [7, 11) is -1.76. The van der Waals surface area contributed by atoms with Gasteiger partial charge in [0.25, 0.3) is 0 Å². The number of hydrogen-bond donors (Lipinski definition) is 1. The average molecular weight is 308 g/mol. The Morgan fingerprint density at radius 3 is 2.43 bits per heavy atom. The quantitative estimate of drug-likeness (QED) is 0.863. The van der Waals surface area contributed by atoms with Gasteiger partial charge in [-0.05, 0) is 23.7 Å². The van der Waals surface area contributed by atoms with Crippen LogP contribution < -0.4 is 0 Å². The molecule has 0 amide bonds. The number of rotatable bonds is 4. The number of nitrogens with zero attached hydrogens (tertiary/aromatic N) is 1. The summed E-state index contributed by atoms with van der Waals surface area (Å²) in [4.78, 5) is 2.12. The second-order valence-electron chi connectivity index (χ2n) is 7.63. The first kappa shape index (κ1) is 16.7. The lowest BCUT2D eigenvalue weighted by atomic mass is 10.2. The van der Waals surface area contributed by atoms with E-state index in [1.807, 2.05) is 18.2 Å². The van der Waals surface area contributed by atoms with Crippen molar-refractivity contribution in [3.8, 4) is 0 Å². The number of aliphatic hydroxyl groups is 1. The van der Waals surface area contributed by atoms with E-state index >= 15 is 0 Å². The second-order valence-corrected chi connectivity index (χ2v) is 12.4. The maximum Gasteiger partial charge on any atom is 0.192 e. The van der Waals surface area contributed by atoms with E-state index in [-0.39, 0.29) is 17.4 Å². The zero-order valence-corrected chi connectivity index (χ0v) is 15.0. The predicted molar refractivity (Wildman–Crippen MR) is 89.5 cm³/mol. The van der Waals surface area contributed by atoms with Crippen LogP contribution in [0.4, 0.5) is 0 Å². The van der Waals surface area contributed by atoms with Crippen LogP contribution in [0.25, 0.3) is 0 Å². The van der Waals surface area contributed by atoms with Gasteiger partial charge in [-0.1, -0.05) is 51.1 Å². The van der Waals surface area contributed by atoms with Crippen LogP contribution in [0, 0.1) is 0 Å². The zero-order valence-electron chi connectivity index (χ0n) is 14.0. The Kier molecular flexibility index (Phi) is 4.93. The van der Waals surface area contributed by atoms with Crippen molar-refractivity contribution in [3.05, 3.63) is 35.9 Å². The molecule has 2 rings (SSSR count). The van der Waals surface area contributed by atoms with Gasteiger partial charge in [0.1, 0.15) is 6.23 Å². The first-order valence-corrected chi connectivity index (χ1v) is 10.7. The first-order valence-electron chi connectivity index (χ1n) is 7.83. The molecule has 1 aliphatic heterocycles. The summed E-state index contributed by atoms with van der Waals surface area (Å²) in [6.07, 6.45) is 0.490. The third-order valence-corrected chi connectivity index (χ3v) is 9.36. The van der Waals surface area contributed by atoms with Crippen molar-refractivity contribution in [2.75, 3.05) is 6.54 Å². The minimum absolute atomic E-state index is 0.157. The standard InChI is InChI=1S/C17H29NO2Si/c1-17(2,3)21(4,5)20-15-11-16(19)18(13-15)12-14-9-7-6-8-10-14/h6-10,15-16,19H,11-13H2,1-5H3/t15-,16-/m1/s1. The summed E-state index contributed by atoms with van der Waals surface area (Å²) < 4.78 is 6.44. The minimum atomic E-state index is -1.76. The Hall–Kier alpha value is -0.683. The fraction of sp³-hybridized carbons (Fsp3) is 0.647. The maximum absolute atomic E-state index is 10.3. The molecular formula is C17H29NO2Si. The fourth-order valence-corrected chi connectivity index (χ4v) is 3.87. The molecule has 1 N–H and O–H groups in total. The van der Waals surface area contributed by atoms with Gasteiger partial charge < -0.3 is 9.53 Å². The van der Waals surface area contributed by atoms with Crippen molar-refractivity contribution >= 4 is 8.32 Å². The summed E-state index contributed by atoms with van der Waals surface area (Å²) in [6.45, 7) is 12.9. The van der Waals surface area contributed by atoms with E-state index in [9.17, 15) is 5.11 Å². The molecule has 0 unspecified atom stereocenters. The van der Waals surface area contributed by atoms with Crippen LogP contribution in [0.3, 0.4) is 0 Å². The van der Waals surface area contributed by atoms with Crippen LogP contribution in [0.5, 0.6) is 0 Å². The lowest BCUT2D eigenvalue weighted by molar-refractivity contribution is 0.0327. The molecule has 0 bridgehead atoms. The molecule has 21 heavy (non-hydrogen) atoms. The van der Waals surface area contributed by atoms with Crippen LogP contribution >= 0.6 is 0 Å². The third-order valence-electron chi connectivity index (χ3n) is 4.83. The Morgan fingerprint density at radius 2 is 1.86 bits per heavy atom. The molecule has 1 aliphatic rings. The SMILES string of the molecule is CC(C)(C)[Si](C)(C)O[C@@H]1C[C@@H](O)N(Cc2ccccc2)C1. The van der Waals surface area contributed by atoms with Crippen molar-refractivity contribution in [3.63, 3.8) is 0 Å². The van der Waals surface area contributed by atoms with Crippen LogP contribution in [0.15, 0.2) is 30.3 Å². The summed E-state index contributed by atoms with van der Waals surface area (Å²) in [5, 5.41) is 10.5. The molecule has 2 atom stereocenters. The van der Waals surface area contributed by atoms with E-state index < -0.39 is 8.32 Å². The lowest BCUT2D eigenvalue weighted by Crippen LogP contribution is -2.44. The van der Waals surface area contributed by atoms with Crippen LogP contribution in [0.1, 0.15) is 32.8 Å². The zero-order chi connectivity index (χ0) is 15.7. The van der Waals surface area contributed by atoms with Crippen molar-refractivity contribution in [1.29, 1.82) is 0 Å². The number of hydrogen-bond acceptors (Lipinski definition) is 3. The van der Waals surface area contributed by atoms with Gasteiger partial charge in [-0.2, -0.15) is 0 Å². The van der Waals surface area contributed by atoms with Crippen molar-refractivity contribution in [2.24, 2.45) is 0 Å². The maximum atomic E-state index is 10.3. The largest absolute Gasteiger partial charge is 0.412 e. The number of aliphatic hydroxyl groups excluding tert-OH is 1. The molecule has 0 spiro atoms. The van der Waals surface area contributed by atoms with Gasteiger partial charge >= 0.3 is 0 Å². The van der Waals surface area contributed by atoms with Crippen molar-refractivity contribution in [1.82, 2.24) is 4.90 Å². The molecule has 1 aromatic carbocycles. The van der Waals surface area contributed by atoms with E-state index in [2.05, 4.69) is 50.9 Å². The summed E-state index contributed by atoms with van der Waals surface area (Å²) in [5.41, 5.74) is 1.24. The van der Waals surface area contributed by atoms with Gasteiger partial charge in [0, 0.05) is 19.5 Å². The molecule has 1 fully saturated rings. The smallest absolute Gasteiger partial charge is 0.192 e. The molecule has 3 nitrogen and oxygen atoms in total. The number of likely N-dealkylation sites (tertiary alicyclic amines) is 1. The van der Waals surface area contributed by atoms with Crippen molar-refractivity contribution < 1.29 is 9.53 Å². The Morgan fingerprint density at radius 1 is 1.24 bits per heavy atom. The fourth-order valence-electron chi connectivity index (χ4n) is 2.51. The molecule has 0 saturated carbocycles. The average Bonchev–Trinajstić information content (AvgIpc) is 2.68.